The van der Waals surface area contributed by atoms with E-state index in [-0.39, 0.29) is 5.92 Å². The highest BCUT2D eigenvalue weighted by molar-refractivity contribution is 4.91. The van der Waals surface area contributed by atoms with E-state index in [9.17, 15) is 10.2 Å². The predicted molar refractivity (Wildman–Crippen MR) is 54.4 cm³/mol. The Morgan fingerprint density at radius 2 is 2.00 bits per heavy atom. The van der Waals surface area contributed by atoms with Crippen LogP contribution in [0.1, 0.15) is 33.1 Å². The van der Waals surface area contributed by atoms with Gasteiger partial charge in [-0.2, -0.15) is 0 Å². The molecule has 76 valence electrons. The zero-order valence-electron chi connectivity index (χ0n) is 8.53. The van der Waals surface area contributed by atoms with Gasteiger partial charge in [-0.1, -0.05) is 26.8 Å². The van der Waals surface area contributed by atoms with Gasteiger partial charge in [0, 0.05) is 5.92 Å². The lowest BCUT2D eigenvalue weighted by atomic mass is 9.90. The van der Waals surface area contributed by atoms with Crippen LogP contribution in [0.25, 0.3) is 0 Å². The van der Waals surface area contributed by atoms with Crippen LogP contribution < -0.4 is 0 Å². The molecule has 0 fully saturated rings. The Bertz CT molecular complexity index is 171. The average Bonchev–Trinajstić information content (AvgIpc) is 2.13. The molecule has 3 atom stereocenters. The number of rotatable bonds is 6. The minimum absolute atomic E-state index is 0.0794. The monoisotopic (exact) mass is 184 g/mol. The van der Waals surface area contributed by atoms with E-state index < -0.39 is 12.2 Å². The summed E-state index contributed by atoms with van der Waals surface area (Å²) in [6, 6.07) is 0. The van der Waals surface area contributed by atoms with Gasteiger partial charge in [0.2, 0.25) is 0 Å². The summed E-state index contributed by atoms with van der Waals surface area (Å²) in [5, 5.41) is 19.2. The van der Waals surface area contributed by atoms with Gasteiger partial charge in [-0.25, -0.2) is 0 Å². The number of aliphatic hydroxyl groups is 2. The molecule has 0 aromatic heterocycles. The average molecular weight is 184 g/mol. The van der Waals surface area contributed by atoms with Crippen molar-refractivity contribution in [1.82, 2.24) is 0 Å². The van der Waals surface area contributed by atoms with Crippen LogP contribution in [-0.4, -0.2) is 22.4 Å². The van der Waals surface area contributed by atoms with E-state index in [0.29, 0.717) is 6.42 Å². The fourth-order valence-corrected chi connectivity index (χ4v) is 1.47. The fraction of sp³-hybridized carbons (Fsp3) is 0.727. The molecule has 0 amide bonds. The molecule has 3 unspecified atom stereocenters. The van der Waals surface area contributed by atoms with E-state index in [1.807, 2.05) is 13.8 Å². The van der Waals surface area contributed by atoms with Crippen LogP contribution >= 0.6 is 0 Å². The summed E-state index contributed by atoms with van der Waals surface area (Å²) in [4.78, 5) is 0. The van der Waals surface area contributed by atoms with E-state index in [1.54, 1.807) is 0 Å². The van der Waals surface area contributed by atoms with Gasteiger partial charge in [-0.15, -0.1) is 5.73 Å². The molecule has 2 heteroatoms. The summed E-state index contributed by atoms with van der Waals surface area (Å²) < 4.78 is 0. The van der Waals surface area contributed by atoms with Crippen molar-refractivity contribution >= 4 is 0 Å². The first kappa shape index (κ1) is 12.4. The standard InChI is InChI=1S/C11H20O2/c1-4-7-9(10(12)6-3)11(13)8-5-2/h8-13H,2,4,6-7H2,1,3H3. The van der Waals surface area contributed by atoms with Crippen molar-refractivity contribution in [3.63, 3.8) is 0 Å². The van der Waals surface area contributed by atoms with Crippen molar-refractivity contribution in [3.8, 4) is 0 Å². The third-order valence-corrected chi connectivity index (χ3v) is 2.26. The second-order valence-electron chi connectivity index (χ2n) is 3.29. The molecule has 0 aromatic rings. The van der Waals surface area contributed by atoms with Crippen molar-refractivity contribution in [1.29, 1.82) is 0 Å². The first-order valence-corrected chi connectivity index (χ1v) is 4.89. The molecular formula is C11H20O2. The fourth-order valence-electron chi connectivity index (χ4n) is 1.47. The van der Waals surface area contributed by atoms with Crippen LogP contribution in [0.4, 0.5) is 0 Å². The summed E-state index contributed by atoms with van der Waals surface area (Å²) in [6.07, 6.45) is 2.93. The molecule has 0 aliphatic carbocycles. The molecule has 0 aromatic carbocycles. The molecule has 0 radical (unpaired) electrons. The largest absolute Gasteiger partial charge is 0.393 e. The molecule has 0 heterocycles. The molecule has 13 heavy (non-hydrogen) atoms. The lowest BCUT2D eigenvalue weighted by molar-refractivity contribution is 0.0281. The van der Waals surface area contributed by atoms with E-state index >= 15 is 0 Å². The van der Waals surface area contributed by atoms with E-state index in [0.717, 1.165) is 12.8 Å². The van der Waals surface area contributed by atoms with Crippen molar-refractivity contribution < 1.29 is 10.2 Å². The number of aliphatic hydroxyl groups excluding tert-OH is 2. The van der Waals surface area contributed by atoms with Gasteiger partial charge in [-0.05, 0) is 18.9 Å². The van der Waals surface area contributed by atoms with Crippen LogP contribution in [0.2, 0.25) is 0 Å². The van der Waals surface area contributed by atoms with Gasteiger partial charge in [0.25, 0.3) is 0 Å². The van der Waals surface area contributed by atoms with Crippen LogP contribution in [0, 0.1) is 5.92 Å². The van der Waals surface area contributed by atoms with E-state index in [4.69, 9.17) is 0 Å². The Kier molecular flexibility index (Phi) is 6.61. The van der Waals surface area contributed by atoms with Crippen LogP contribution in [0.3, 0.4) is 0 Å². The topological polar surface area (TPSA) is 40.5 Å². The van der Waals surface area contributed by atoms with Gasteiger partial charge >= 0.3 is 0 Å². The molecule has 0 saturated heterocycles. The lowest BCUT2D eigenvalue weighted by Gasteiger charge is -2.24. The van der Waals surface area contributed by atoms with Gasteiger partial charge in [-0.3, -0.25) is 0 Å². The number of hydrogen-bond acceptors (Lipinski definition) is 2. The predicted octanol–water partition coefficient (Wildman–Crippen LogP) is 1.88. The van der Waals surface area contributed by atoms with Crippen molar-refractivity contribution in [2.24, 2.45) is 5.92 Å². The quantitative estimate of drug-likeness (QED) is 0.619. The van der Waals surface area contributed by atoms with Crippen LogP contribution in [0.15, 0.2) is 18.4 Å². The van der Waals surface area contributed by atoms with Gasteiger partial charge in [0.05, 0.1) is 12.2 Å². The molecule has 2 N–H and O–H groups in total. The molecule has 0 aliphatic heterocycles. The first-order chi connectivity index (χ1) is 6.17. The Morgan fingerprint density at radius 1 is 1.38 bits per heavy atom. The van der Waals surface area contributed by atoms with Gasteiger partial charge in [0.15, 0.2) is 0 Å². The second kappa shape index (κ2) is 6.90. The molecule has 2 nitrogen and oxygen atoms in total. The zero-order valence-corrected chi connectivity index (χ0v) is 8.53. The molecule has 0 rings (SSSR count). The lowest BCUT2D eigenvalue weighted by Crippen LogP contribution is -2.29. The maximum Gasteiger partial charge on any atom is 0.0847 e. The van der Waals surface area contributed by atoms with Crippen LogP contribution in [0.5, 0.6) is 0 Å². The first-order valence-electron chi connectivity index (χ1n) is 4.89. The minimum atomic E-state index is -0.618. The maximum absolute atomic E-state index is 9.62. The van der Waals surface area contributed by atoms with Crippen molar-refractivity contribution in [2.75, 3.05) is 0 Å². The van der Waals surface area contributed by atoms with Crippen molar-refractivity contribution in [3.05, 3.63) is 18.4 Å². The summed E-state index contributed by atoms with van der Waals surface area (Å²) in [6.45, 7) is 7.36. The Labute approximate surface area is 80.6 Å². The van der Waals surface area contributed by atoms with Gasteiger partial charge in [0.1, 0.15) is 0 Å². The second-order valence-corrected chi connectivity index (χ2v) is 3.29. The molecule has 0 saturated carbocycles. The van der Waals surface area contributed by atoms with Crippen molar-refractivity contribution in [2.45, 2.75) is 45.3 Å². The molecule has 0 bridgehead atoms. The highest BCUT2D eigenvalue weighted by atomic mass is 16.3. The molecular weight excluding hydrogens is 164 g/mol. The third kappa shape index (κ3) is 4.28. The highest BCUT2D eigenvalue weighted by Crippen LogP contribution is 2.19. The Morgan fingerprint density at radius 3 is 2.38 bits per heavy atom. The normalized spacial score (nSPS) is 17.2. The Hall–Kier alpha value is -0.560. The smallest absolute Gasteiger partial charge is 0.0847 e. The highest BCUT2D eigenvalue weighted by Gasteiger charge is 2.22. The summed E-state index contributed by atoms with van der Waals surface area (Å²) in [5.41, 5.74) is 2.55. The maximum atomic E-state index is 9.62. The summed E-state index contributed by atoms with van der Waals surface area (Å²) in [7, 11) is 0. The van der Waals surface area contributed by atoms with E-state index in [2.05, 4.69) is 12.3 Å². The Balaban J connectivity index is 4.29. The number of hydrogen-bond donors (Lipinski definition) is 2. The summed E-state index contributed by atoms with van der Waals surface area (Å²) in [5.74, 6) is -0.0794. The SMILES string of the molecule is C=C=CC(O)C(CCC)C(O)CC. The van der Waals surface area contributed by atoms with Crippen LogP contribution in [-0.2, 0) is 0 Å². The van der Waals surface area contributed by atoms with Gasteiger partial charge < -0.3 is 10.2 Å². The molecule has 0 spiro atoms. The third-order valence-electron chi connectivity index (χ3n) is 2.26. The molecule has 0 aliphatic rings. The summed E-state index contributed by atoms with van der Waals surface area (Å²) >= 11 is 0. The minimum Gasteiger partial charge on any atom is -0.393 e. The van der Waals surface area contributed by atoms with E-state index in [1.165, 1.54) is 6.08 Å². The zero-order chi connectivity index (χ0) is 10.3.